The van der Waals surface area contributed by atoms with Gasteiger partial charge in [0.05, 0.1) is 5.56 Å². The Labute approximate surface area is 113 Å². The van der Waals surface area contributed by atoms with Crippen molar-refractivity contribution in [1.29, 1.82) is 0 Å². The maximum absolute atomic E-state index is 11.7. The maximum atomic E-state index is 11.7. The first-order chi connectivity index (χ1) is 8.93. The highest BCUT2D eigenvalue weighted by atomic mass is 16.4. The van der Waals surface area contributed by atoms with Gasteiger partial charge in [0.2, 0.25) is 0 Å². The summed E-state index contributed by atoms with van der Waals surface area (Å²) in [5.41, 5.74) is 1.01. The van der Waals surface area contributed by atoms with Crippen LogP contribution in [-0.4, -0.2) is 41.6 Å². The van der Waals surface area contributed by atoms with Crippen molar-refractivity contribution < 1.29 is 14.7 Å². The number of nitrogens with zero attached hydrogens (tertiary/aromatic N) is 1. The van der Waals surface area contributed by atoms with Crippen LogP contribution in [0.15, 0.2) is 24.3 Å². The van der Waals surface area contributed by atoms with Gasteiger partial charge in [0.1, 0.15) is 0 Å². The van der Waals surface area contributed by atoms with Crippen LogP contribution in [0, 0.1) is 0 Å². The zero-order valence-corrected chi connectivity index (χ0v) is 11.5. The van der Waals surface area contributed by atoms with Crippen molar-refractivity contribution in [3.63, 3.8) is 0 Å². The zero-order valence-electron chi connectivity index (χ0n) is 11.5. The molecule has 0 saturated carbocycles. The third kappa shape index (κ3) is 4.28. The molecule has 0 aliphatic rings. The van der Waals surface area contributed by atoms with E-state index >= 15 is 0 Å². The van der Waals surface area contributed by atoms with Gasteiger partial charge in [0, 0.05) is 19.6 Å². The Morgan fingerprint density at radius 1 is 1.32 bits per heavy atom. The van der Waals surface area contributed by atoms with Crippen molar-refractivity contribution in [1.82, 2.24) is 10.2 Å². The molecule has 0 bridgehead atoms. The number of carboxylic acids is 1. The fraction of sp³-hybridized carbons (Fsp3) is 0.429. The van der Waals surface area contributed by atoms with E-state index in [0.29, 0.717) is 13.0 Å². The van der Waals surface area contributed by atoms with Crippen LogP contribution >= 0.6 is 0 Å². The lowest BCUT2D eigenvalue weighted by Gasteiger charge is -2.21. The molecule has 1 aromatic rings. The van der Waals surface area contributed by atoms with E-state index < -0.39 is 5.97 Å². The van der Waals surface area contributed by atoms with Gasteiger partial charge in [-0.1, -0.05) is 18.2 Å². The van der Waals surface area contributed by atoms with Gasteiger partial charge in [0.25, 0.3) is 0 Å². The number of hydrogen-bond donors (Lipinski definition) is 2. The summed E-state index contributed by atoms with van der Waals surface area (Å²) < 4.78 is 0. The number of carbonyl (C=O) groups excluding carboxylic acids is 1. The molecule has 2 N–H and O–H groups in total. The van der Waals surface area contributed by atoms with Crippen molar-refractivity contribution in [2.45, 2.75) is 26.3 Å². The second-order valence-corrected chi connectivity index (χ2v) is 4.65. The van der Waals surface area contributed by atoms with Crippen molar-refractivity contribution in [3.05, 3.63) is 35.4 Å². The summed E-state index contributed by atoms with van der Waals surface area (Å²) in [5.74, 6) is -0.943. The molecule has 1 rings (SSSR count). The molecular formula is C14H20N2O3. The molecule has 0 aromatic heterocycles. The van der Waals surface area contributed by atoms with Crippen LogP contribution in [-0.2, 0) is 6.42 Å². The first kappa shape index (κ1) is 15.0. The Hall–Kier alpha value is -2.04. The number of hydrogen-bond acceptors (Lipinski definition) is 2. The van der Waals surface area contributed by atoms with Gasteiger partial charge in [-0.2, -0.15) is 0 Å². The Kier molecular flexibility index (Phi) is 5.36. The average molecular weight is 264 g/mol. The first-order valence-corrected chi connectivity index (χ1v) is 6.25. The molecule has 5 heteroatoms. The summed E-state index contributed by atoms with van der Waals surface area (Å²) in [5, 5.41) is 11.8. The van der Waals surface area contributed by atoms with Gasteiger partial charge in [0.15, 0.2) is 0 Å². The second kappa shape index (κ2) is 6.78. The van der Waals surface area contributed by atoms with Crippen LogP contribution in [0.2, 0.25) is 0 Å². The lowest BCUT2D eigenvalue weighted by Crippen LogP contribution is -2.41. The lowest BCUT2D eigenvalue weighted by atomic mass is 10.0. The molecule has 2 amide bonds. The Bertz CT molecular complexity index is 458. The van der Waals surface area contributed by atoms with Crippen molar-refractivity contribution in [2.24, 2.45) is 0 Å². The van der Waals surface area contributed by atoms with E-state index in [1.54, 1.807) is 36.2 Å². The largest absolute Gasteiger partial charge is 0.478 e. The van der Waals surface area contributed by atoms with Gasteiger partial charge >= 0.3 is 12.0 Å². The summed E-state index contributed by atoms with van der Waals surface area (Å²) >= 11 is 0. The molecule has 0 aliphatic carbocycles. The molecule has 0 spiro atoms. The van der Waals surface area contributed by atoms with E-state index in [1.165, 1.54) is 0 Å². The van der Waals surface area contributed by atoms with E-state index in [4.69, 9.17) is 5.11 Å². The smallest absolute Gasteiger partial charge is 0.335 e. The molecule has 0 radical (unpaired) electrons. The van der Waals surface area contributed by atoms with Crippen molar-refractivity contribution >= 4 is 12.0 Å². The van der Waals surface area contributed by atoms with E-state index in [2.05, 4.69) is 5.32 Å². The Morgan fingerprint density at radius 2 is 1.95 bits per heavy atom. The maximum Gasteiger partial charge on any atom is 0.335 e. The van der Waals surface area contributed by atoms with E-state index in [0.717, 1.165) is 5.56 Å². The van der Waals surface area contributed by atoms with Gasteiger partial charge in [-0.05, 0) is 31.9 Å². The first-order valence-electron chi connectivity index (χ1n) is 6.25. The number of nitrogens with one attached hydrogen (secondary N) is 1. The molecule has 0 unspecified atom stereocenters. The number of carbonyl (C=O) groups is 2. The molecule has 19 heavy (non-hydrogen) atoms. The minimum Gasteiger partial charge on any atom is -0.478 e. The minimum absolute atomic E-state index is 0.131. The minimum atomic E-state index is -0.943. The standard InChI is InChI=1S/C14H20N2O3/c1-10(2)16(3)14(19)15-9-8-11-6-4-5-7-12(11)13(17)18/h4-7,10H,8-9H2,1-3H3,(H,15,19)(H,17,18). The molecule has 0 saturated heterocycles. The number of aromatic carboxylic acids is 1. The number of carboxylic acid groups (broad SMARTS) is 1. The van der Waals surface area contributed by atoms with Crippen LogP contribution in [0.25, 0.3) is 0 Å². The SMILES string of the molecule is CC(C)N(C)C(=O)NCCc1ccccc1C(=O)O. The molecule has 0 heterocycles. The monoisotopic (exact) mass is 264 g/mol. The van der Waals surface area contributed by atoms with Crippen LogP contribution in [0.4, 0.5) is 4.79 Å². The molecule has 104 valence electrons. The van der Waals surface area contributed by atoms with E-state index in [1.807, 2.05) is 13.8 Å². The fourth-order valence-corrected chi connectivity index (χ4v) is 1.61. The highest BCUT2D eigenvalue weighted by Crippen LogP contribution is 2.09. The lowest BCUT2D eigenvalue weighted by molar-refractivity contribution is 0.0695. The van der Waals surface area contributed by atoms with Gasteiger partial charge in [-0.25, -0.2) is 9.59 Å². The molecule has 5 nitrogen and oxygen atoms in total. The summed E-state index contributed by atoms with van der Waals surface area (Å²) in [6.45, 7) is 4.28. The number of urea groups is 1. The normalized spacial score (nSPS) is 10.3. The van der Waals surface area contributed by atoms with Gasteiger partial charge in [-0.15, -0.1) is 0 Å². The highest BCUT2D eigenvalue weighted by Gasteiger charge is 2.12. The molecule has 0 atom stereocenters. The highest BCUT2D eigenvalue weighted by molar-refractivity contribution is 5.89. The Morgan fingerprint density at radius 3 is 2.53 bits per heavy atom. The molecule has 1 aromatic carbocycles. The summed E-state index contributed by atoms with van der Waals surface area (Å²) in [7, 11) is 1.73. The van der Waals surface area contributed by atoms with Gasteiger partial charge < -0.3 is 15.3 Å². The van der Waals surface area contributed by atoms with Crippen molar-refractivity contribution in [3.8, 4) is 0 Å². The third-order valence-electron chi connectivity index (χ3n) is 3.01. The topological polar surface area (TPSA) is 69.6 Å². The van der Waals surface area contributed by atoms with E-state index in [-0.39, 0.29) is 17.6 Å². The summed E-state index contributed by atoms with van der Waals surface area (Å²) in [6.07, 6.45) is 0.500. The number of amides is 2. The van der Waals surface area contributed by atoms with Gasteiger partial charge in [-0.3, -0.25) is 0 Å². The predicted octanol–water partition coefficient (Wildman–Crippen LogP) is 1.98. The number of rotatable bonds is 5. The second-order valence-electron chi connectivity index (χ2n) is 4.65. The predicted molar refractivity (Wildman–Crippen MR) is 73.4 cm³/mol. The average Bonchev–Trinajstić information content (AvgIpc) is 2.37. The summed E-state index contributed by atoms with van der Waals surface area (Å²) in [6, 6.07) is 6.80. The number of benzene rings is 1. The van der Waals surface area contributed by atoms with Crippen LogP contribution in [0.1, 0.15) is 29.8 Å². The third-order valence-corrected chi connectivity index (χ3v) is 3.01. The van der Waals surface area contributed by atoms with Crippen LogP contribution in [0.3, 0.4) is 0 Å². The zero-order chi connectivity index (χ0) is 14.4. The molecule has 0 fully saturated rings. The molecular weight excluding hydrogens is 244 g/mol. The Balaban J connectivity index is 2.54. The molecule has 0 aliphatic heterocycles. The van der Waals surface area contributed by atoms with Crippen LogP contribution < -0.4 is 5.32 Å². The summed E-state index contributed by atoms with van der Waals surface area (Å²) in [4.78, 5) is 24.3. The van der Waals surface area contributed by atoms with Crippen LogP contribution in [0.5, 0.6) is 0 Å². The van der Waals surface area contributed by atoms with Crippen molar-refractivity contribution in [2.75, 3.05) is 13.6 Å². The van der Waals surface area contributed by atoms with E-state index in [9.17, 15) is 9.59 Å². The fourth-order valence-electron chi connectivity index (χ4n) is 1.61. The quantitative estimate of drug-likeness (QED) is 0.854.